The minimum Gasteiger partial charge on any atom is -0.379 e. The summed E-state index contributed by atoms with van der Waals surface area (Å²) in [4.78, 5) is 2.38. The maximum atomic E-state index is 3.88. The van der Waals surface area contributed by atoms with Crippen LogP contribution in [-0.4, -0.2) is 6.54 Å². The highest BCUT2D eigenvalue weighted by Crippen LogP contribution is 2.55. The molecule has 1 aliphatic heterocycles. The number of allylic oxidation sites excluding steroid dienone is 9. The largest absolute Gasteiger partial charge is 0.379 e. The van der Waals surface area contributed by atoms with E-state index in [4.69, 9.17) is 0 Å². The van der Waals surface area contributed by atoms with Crippen LogP contribution in [0.25, 0.3) is 17.2 Å². The number of fused-ring (bicyclic) bond motifs is 4. The fraction of sp³-hybridized carbons (Fsp3) is 0.174. The summed E-state index contributed by atoms with van der Waals surface area (Å²) in [6.45, 7) is 7.52. The number of nitrogens with zero attached hydrogens (tertiary/aromatic N) is 1. The molecule has 0 spiro atoms. The first-order valence-electron chi connectivity index (χ1n) is 17.7. The van der Waals surface area contributed by atoms with Gasteiger partial charge in [-0.1, -0.05) is 129 Å². The molecule has 0 bridgehead atoms. The summed E-state index contributed by atoms with van der Waals surface area (Å²) in [6.07, 6.45) is 29.7. The zero-order chi connectivity index (χ0) is 34.3. The smallest absolute Gasteiger partial charge is 0.130 e. The Bertz CT molecular complexity index is 2040. The van der Waals surface area contributed by atoms with Gasteiger partial charge in [0, 0.05) is 24.4 Å². The highest BCUT2D eigenvalue weighted by Gasteiger charge is 2.40. The van der Waals surface area contributed by atoms with E-state index in [2.05, 4.69) is 150 Å². The normalized spacial score (nSPS) is 17.5. The van der Waals surface area contributed by atoms with E-state index in [0.717, 1.165) is 36.4 Å². The molecular formula is C46H46N4. The number of hydrogen-bond donors (Lipinski definition) is 3. The van der Waals surface area contributed by atoms with Gasteiger partial charge in [0.1, 0.15) is 6.17 Å². The van der Waals surface area contributed by atoms with Crippen LogP contribution in [-0.2, 0) is 5.41 Å². The summed E-state index contributed by atoms with van der Waals surface area (Å²) in [5, 5.41) is 11.3. The molecule has 0 aromatic heterocycles. The van der Waals surface area contributed by atoms with E-state index in [0.29, 0.717) is 0 Å². The van der Waals surface area contributed by atoms with Gasteiger partial charge in [0.05, 0.1) is 22.7 Å². The van der Waals surface area contributed by atoms with Crippen molar-refractivity contribution in [2.75, 3.05) is 27.4 Å². The molecule has 50 heavy (non-hydrogen) atoms. The first-order chi connectivity index (χ1) is 24.5. The molecule has 0 amide bonds. The standard InChI is InChI=1S/C46H46N4/c1-4-5-6-7-8-9-19-27-47-42-31-39-37(29-41(42)48-33-35-22-15-11-16-23-35)38-30-43-44(32-40(38)46(39,2)3)50(28-26-34-20-13-10-14-21-34)45(49-43)36-24-17-12-18-25-36/h4-10,12-15,17-32,45,47-49H,11,16,33H2,1-3H3/b5-4-,7-6-,9-8+,27-19+,28-26+. The van der Waals surface area contributed by atoms with Crippen molar-refractivity contribution >= 4 is 28.8 Å². The Morgan fingerprint density at radius 3 is 2.28 bits per heavy atom. The zero-order valence-electron chi connectivity index (χ0n) is 29.2. The summed E-state index contributed by atoms with van der Waals surface area (Å²) in [5.74, 6) is 0. The molecule has 250 valence electrons. The number of anilines is 4. The molecule has 2 aliphatic carbocycles. The third-order valence-electron chi connectivity index (χ3n) is 9.76. The van der Waals surface area contributed by atoms with E-state index in [1.54, 1.807) is 0 Å². The van der Waals surface area contributed by atoms with Crippen molar-refractivity contribution in [1.29, 1.82) is 0 Å². The molecule has 3 aliphatic rings. The summed E-state index contributed by atoms with van der Waals surface area (Å²) in [7, 11) is 0. The fourth-order valence-corrected chi connectivity index (χ4v) is 7.10. The molecule has 4 heteroatoms. The van der Waals surface area contributed by atoms with Crippen molar-refractivity contribution in [3.8, 4) is 11.1 Å². The van der Waals surface area contributed by atoms with Gasteiger partial charge in [-0.05, 0) is 95.1 Å². The second kappa shape index (κ2) is 14.8. The molecule has 7 rings (SSSR count). The first kappa shape index (κ1) is 32.8. The summed E-state index contributed by atoms with van der Waals surface area (Å²) in [6, 6.07) is 30.7. The minimum absolute atomic E-state index is 0.00339. The molecular weight excluding hydrogens is 609 g/mol. The van der Waals surface area contributed by atoms with E-state index in [1.807, 2.05) is 55.7 Å². The Labute approximate surface area is 297 Å². The van der Waals surface area contributed by atoms with Crippen LogP contribution < -0.4 is 20.9 Å². The second-order valence-corrected chi connectivity index (χ2v) is 13.5. The lowest BCUT2D eigenvalue weighted by atomic mass is 9.82. The molecule has 0 radical (unpaired) electrons. The van der Waals surface area contributed by atoms with Gasteiger partial charge in [0.25, 0.3) is 0 Å². The lowest BCUT2D eigenvalue weighted by Gasteiger charge is -2.26. The Hall–Kier alpha value is -5.74. The van der Waals surface area contributed by atoms with Gasteiger partial charge in [-0.25, -0.2) is 0 Å². The van der Waals surface area contributed by atoms with E-state index in [-0.39, 0.29) is 11.6 Å². The van der Waals surface area contributed by atoms with E-state index in [9.17, 15) is 0 Å². The van der Waals surface area contributed by atoms with Crippen LogP contribution in [0.1, 0.15) is 62.0 Å². The highest BCUT2D eigenvalue weighted by molar-refractivity contribution is 5.93. The SMILES string of the molecule is C\C=C/C=C\C=C\C=C\Nc1cc2c(cc1NCC1=CCCC=C1)-c1cc3c(cc1C2(C)C)N(/C=C/c1ccccc1)C(c1ccccc1)N3. The predicted molar refractivity (Wildman–Crippen MR) is 216 cm³/mol. The molecule has 1 unspecified atom stereocenters. The number of nitrogens with one attached hydrogen (secondary N) is 3. The maximum Gasteiger partial charge on any atom is 0.130 e. The zero-order valence-corrected chi connectivity index (χ0v) is 29.2. The molecule has 0 fully saturated rings. The van der Waals surface area contributed by atoms with Crippen molar-refractivity contribution < 1.29 is 0 Å². The topological polar surface area (TPSA) is 39.3 Å². The number of rotatable bonds is 11. The van der Waals surface area contributed by atoms with Crippen molar-refractivity contribution in [1.82, 2.24) is 0 Å². The Morgan fingerprint density at radius 1 is 0.800 bits per heavy atom. The molecule has 4 aromatic rings. The van der Waals surface area contributed by atoms with E-state index in [1.165, 1.54) is 44.6 Å². The summed E-state index contributed by atoms with van der Waals surface area (Å²) >= 11 is 0. The Balaban J connectivity index is 1.26. The lowest BCUT2D eigenvalue weighted by Crippen LogP contribution is -2.23. The molecule has 0 saturated heterocycles. The third-order valence-corrected chi connectivity index (χ3v) is 9.76. The van der Waals surface area contributed by atoms with Crippen LogP contribution in [0.5, 0.6) is 0 Å². The minimum atomic E-state index is -0.190. The second-order valence-electron chi connectivity index (χ2n) is 13.5. The molecule has 0 saturated carbocycles. The summed E-state index contributed by atoms with van der Waals surface area (Å²) in [5.41, 5.74) is 13.3. The molecule has 1 atom stereocenters. The highest BCUT2D eigenvalue weighted by atomic mass is 15.3. The molecule has 4 nitrogen and oxygen atoms in total. The van der Waals surface area contributed by atoms with Gasteiger partial charge in [0.2, 0.25) is 0 Å². The van der Waals surface area contributed by atoms with Crippen LogP contribution in [0.3, 0.4) is 0 Å². The monoisotopic (exact) mass is 654 g/mol. The van der Waals surface area contributed by atoms with Crippen LogP contribution in [0, 0.1) is 0 Å². The average molecular weight is 655 g/mol. The van der Waals surface area contributed by atoms with Gasteiger partial charge in [-0.3, -0.25) is 0 Å². The van der Waals surface area contributed by atoms with Crippen molar-refractivity contribution in [3.05, 3.63) is 186 Å². The lowest BCUT2D eigenvalue weighted by molar-refractivity contribution is 0.660. The van der Waals surface area contributed by atoms with E-state index < -0.39 is 0 Å². The molecule has 4 aromatic carbocycles. The fourth-order valence-electron chi connectivity index (χ4n) is 7.10. The van der Waals surface area contributed by atoms with Crippen molar-refractivity contribution in [3.63, 3.8) is 0 Å². The van der Waals surface area contributed by atoms with Crippen LogP contribution in [0.15, 0.2) is 164 Å². The Kier molecular flexibility index (Phi) is 9.70. The van der Waals surface area contributed by atoms with Crippen molar-refractivity contribution in [2.24, 2.45) is 0 Å². The molecule has 3 N–H and O–H groups in total. The maximum absolute atomic E-state index is 3.88. The van der Waals surface area contributed by atoms with Gasteiger partial charge >= 0.3 is 0 Å². The van der Waals surface area contributed by atoms with Gasteiger partial charge in [-0.2, -0.15) is 0 Å². The number of hydrogen-bond acceptors (Lipinski definition) is 4. The summed E-state index contributed by atoms with van der Waals surface area (Å²) < 4.78 is 0. The first-order valence-corrected chi connectivity index (χ1v) is 17.7. The molecule has 1 heterocycles. The van der Waals surface area contributed by atoms with Crippen LogP contribution in [0.4, 0.5) is 22.7 Å². The van der Waals surface area contributed by atoms with Gasteiger partial charge in [-0.15, -0.1) is 0 Å². The van der Waals surface area contributed by atoms with Gasteiger partial charge in [0.15, 0.2) is 0 Å². The van der Waals surface area contributed by atoms with Crippen molar-refractivity contribution in [2.45, 2.75) is 45.2 Å². The quantitative estimate of drug-likeness (QED) is 0.141. The Morgan fingerprint density at radius 2 is 1.52 bits per heavy atom. The average Bonchev–Trinajstić information content (AvgIpc) is 3.61. The number of benzene rings is 4. The predicted octanol–water partition coefficient (Wildman–Crippen LogP) is 11.9. The third kappa shape index (κ3) is 6.88. The van der Waals surface area contributed by atoms with Crippen LogP contribution >= 0.6 is 0 Å². The van der Waals surface area contributed by atoms with Gasteiger partial charge < -0.3 is 20.9 Å². The van der Waals surface area contributed by atoms with E-state index >= 15 is 0 Å². The van der Waals surface area contributed by atoms with Crippen LogP contribution in [0.2, 0.25) is 0 Å².